The number of carboxylic acid groups (broad SMARTS) is 2. The summed E-state index contributed by atoms with van der Waals surface area (Å²) < 4.78 is 39.5. The number of benzene rings is 4. The van der Waals surface area contributed by atoms with Crippen LogP contribution in [-0.4, -0.2) is 118 Å². The van der Waals surface area contributed by atoms with Crippen molar-refractivity contribution in [3.63, 3.8) is 0 Å². The van der Waals surface area contributed by atoms with E-state index in [0.29, 0.717) is 26.2 Å². The Morgan fingerprint density at radius 3 is 1.28 bits per heavy atom. The van der Waals surface area contributed by atoms with Gasteiger partial charge in [-0.05, 0) is 50.2 Å². The zero-order valence-corrected chi connectivity index (χ0v) is 35.6. The van der Waals surface area contributed by atoms with Gasteiger partial charge in [0.25, 0.3) is 0 Å². The van der Waals surface area contributed by atoms with Crippen molar-refractivity contribution in [3.05, 3.63) is 167 Å². The Morgan fingerprint density at radius 1 is 0.656 bits per heavy atom. The van der Waals surface area contributed by atoms with Gasteiger partial charge in [0, 0.05) is 62.2 Å². The molecule has 2 saturated heterocycles. The highest BCUT2D eigenvalue weighted by atomic mass is 19.1. The number of aliphatic hydroxyl groups excluding tert-OH is 2. The maximum absolute atomic E-state index is 14.9. The molecule has 8 atom stereocenters. The largest absolute Gasteiger partial charge is 0.478 e. The van der Waals surface area contributed by atoms with E-state index >= 15 is 0 Å². The average Bonchev–Trinajstić information content (AvgIpc) is 3.78. The summed E-state index contributed by atoms with van der Waals surface area (Å²) >= 11 is 0. The molecule has 0 spiro atoms. The number of aliphatic carboxylic acids is 2. The summed E-state index contributed by atoms with van der Waals surface area (Å²) in [7, 11) is 0. The monoisotopic (exact) mass is 884 g/mol. The summed E-state index contributed by atoms with van der Waals surface area (Å²) in [6.45, 7) is 13.4. The molecule has 340 valence electrons. The first-order valence-electron chi connectivity index (χ1n) is 20.5. The lowest BCUT2D eigenvalue weighted by Gasteiger charge is -2.41. The number of nitrogens with two attached hydrogens (primary N) is 2. The molecule has 4 aromatic rings. The number of carboxylic acids is 2. The van der Waals surface area contributed by atoms with Gasteiger partial charge in [-0.2, -0.15) is 0 Å². The van der Waals surface area contributed by atoms with Crippen molar-refractivity contribution in [2.45, 2.75) is 49.3 Å². The van der Waals surface area contributed by atoms with Crippen LogP contribution in [0.1, 0.15) is 43.0 Å². The Hall–Kier alpha value is -6.14. The molecular weight excluding hydrogens is 831 g/mol. The number of halogens is 2. The number of likely N-dealkylation sites (tertiary alicyclic amines) is 2. The summed E-state index contributed by atoms with van der Waals surface area (Å²) in [6, 6.07) is 24.6. The summed E-state index contributed by atoms with van der Waals surface area (Å²) in [5.74, 6) is -7.97. The van der Waals surface area contributed by atoms with Crippen molar-refractivity contribution < 1.29 is 57.9 Å². The van der Waals surface area contributed by atoms with Gasteiger partial charge in [0.05, 0.1) is 34.4 Å². The minimum absolute atomic E-state index is 0.0332. The van der Waals surface area contributed by atoms with E-state index < -0.39 is 82.8 Å². The van der Waals surface area contributed by atoms with Crippen molar-refractivity contribution in [2.24, 2.45) is 23.3 Å². The fraction of sp³-hybridized carbons (Fsp3) is 0.333. The zero-order valence-electron chi connectivity index (χ0n) is 35.6. The van der Waals surface area contributed by atoms with Crippen LogP contribution in [0.25, 0.3) is 0 Å². The van der Waals surface area contributed by atoms with Gasteiger partial charge < -0.3 is 41.4 Å². The minimum atomic E-state index is -2.22. The van der Waals surface area contributed by atoms with Crippen molar-refractivity contribution in [1.82, 2.24) is 9.80 Å². The van der Waals surface area contributed by atoms with E-state index in [0.717, 1.165) is 11.1 Å². The molecule has 0 amide bonds. The number of nitrogens with zero attached hydrogens (tertiary/aromatic N) is 2. The molecule has 0 bridgehead atoms. The first-order valence-corrected chi connectivity index (χ1v) is 20.5. The molecule has 14 nitrogen and oxygen atoms in total. The highest BCUT2D eigenvalue weighted by molar-refractivity contribution is 5.95. The Morgan fingerprint density at radius 2 is 0.984 bits per heavy atom. The van der Waals surface area contributed by atoms with Gasteiger partial charge in [0.1, 0.15) is 11.6 Å². The Bertz CT molecular complexity index is 2150. The fourth-order valence-corrected chi connectivity index (χ4v) is 8.41. The number of esters is 2. The van der Waals surface area contributed by atoms with Crippen LogP contribution in [0.15, 0.2) is 122 Å². The Labute approximate surface area is 370 Å². The van der Waals surface area contributed by atoms with Crippen molar-refractivity contribution in [2.75, 3.05) is 39.3 Å². The molecule has 2 aliphatic heterocycles. The first-order chi connectivity index (χ1) is 30.3. The minimum Gasteiger partial charge on any atom is -0.478 e. The molecule has 2 fully saturated rings. The lowest BCUT2D eigenvalue weighted by Crippen LogP contribution is -2.57. The molecule has 4 aromatic carbocycles. The van der Waals surface area contributed by atoms with Crippen LogP contribution in [0.4, 0.5) is 8.78 Å². The normalized spacial score (nSPS) is 22.8. The molecule has 0 aromatic heterocycles. The highest BCUT2D eigenvalue weighted by Gasteiger charge is 2.56. The molecule has 2 aliphatic rings. The number of aryl methyl sites for hydroxylation is 2. The van der Waals surface area contributed by atoms with Gasteiger partial charge in [0.15, 0.2) is 0 Å². The molecule has 6 rings (SSSR count). The molecule has 16 heteroatoms. The van der Waals surface area contributed by atoms with E-state index in [1.54, 1.807) is 86.7 Å². The van der Waals surface area contributed by atoms with E-state index in [9.17, 15) is 48.4 Å². The number of carbonyl (C=O) groups is 4. The first kappa shape index (κ1) is 48.9. The smallest absolute Gasteiger partial charge is 0.349 e. The average molecular weight is 885 g/mol. The number of rotatable bonds is 16. The Kier molecular flexibility index (Phi) is 16.1. The number of aliphatic hydroxyl groups is 2. The second-order valence-corrected chi connectivity index (χ2v) is 16.3. The van der Waals surface area contributed by atoms with Crippen molar-refractivity contribution in [1.29, 1.82) is 0 Å². The standard InChI is InChI=1S/C28H36F2N4O2.C20H18O8/c1-3-13-33-15-21(27(31,17-33)19-9-5-7-11-23(19)29)25(35)26(36)22-16-34(14-4-2)18-28(22,32)20-10-6-8-12-24(20)30;1-11-3-7-13(8-4-11)19(25)27-15(17(21)22)16(18(23)24)28-20(26)14-9-5-12(2)6-10-14/h3-12,21-22,25-26,35-36H,1-2,13-18,31-32H2;3-10,15-16H,1-2H3,(H,21,22)(H,23,24). The number of hydrogen-bond acceptors (Lipinski definition) is 12. The second-order valence-electron chi connectivity index (χ2n) is 16.3. The molecule has 0 radical (unpaired) electrons. The fourth-order valence-electron chi connectivity index (χ4n) is 8.41. The summed E-state index contributed by atoms with van der Waals surface area (Å²) in [6.07, 6.45) is -3.68. The van der Waals surface area contributed by atoms with E-state index in [2.05, 4.69) is 13.2 Å². The predicted molar refractivity (Wildman–Crippen MR) is 233 cm³/mol. The van der Waals surface area contributed by atoms with Gasteiger partial charge in [-0.3, -0.25) is 9.80 Å². The molecule has 0 aliphatic carbocycles. The molecular formula is C48H54F2N4O10. The van der Waals surface area contributed by atoms with E-state index in [4.69, 9.17) is 20.9 Å². The summed E-state index contributed by atoms with van der Waals surface area (Å²) in [5.41, 5.74) is 13.5. The predicted octanol–water partition coefficient (Wildman–Crippen LogP) is 4.15. The maximum atomic E-state index is 14.9. The van der Waals surface area contributed by atoms with Gasteiger partial charge >= 0.3 is 23.9 Å². The third-order valence-corrected chi connectivity index (χ3v) is 11.7. The number of hydrogen-bond donors (Lipinski definition) is 6. The number of carbonyl (C=O) groups excluding carboxylic acids is 2. The van der Waals surface area contributed by atoms with Crippen molar-refractivity contribution >= 4 is 23.9 Å². The van der Waals surface area contributed by atoms with Gasteiger partial charge in [-0.15, -0.1) is 13.2 Å². The second kappa shape index (κ2) is 21.0. The molecule has 2 heterocycles. The van der Waals surface area contributed by atoms with Crippen LogP contribution < -0.4 is 11.5 Å². The number of ether oxygens (including phenoxy) is 2. The molecule has 8 N–H and O–H groups in total. The maximum Gasteiger partial charge on any atom is 0.349 e. The van der Waals surface area contributed by atoms with E-state index in [-0.39, 0.29) is 35.3 Å². The van der Waals surface area contributed by atoms with Crippen LogP contribution in [0.5, 0.6) is 0 Å². The molecule has 8 unspecified atom stereocenters. The third kappa shape index (κ3) is 11.0. The van der Waals surface area contributed by atoms with Crippen LogP contribution in [-0.2, 0) is 30.1 Å². The topological polar surface area (TPSA) is 226 Å². The van der Waals surface area contributed by atoms with E-state index in [1.807, 2.05) is 9.80 Å². The van der Waals surface area contributed by atoms with Crippen LogP contribution in [0.2, 0.25) is 0 Å². The van der Waals surface area contributed by atoms with Crippen LogP contribution in [0.3, 0.4) is 0 Å². The van der Waals surface area contributed by atoms with Gasteiger partial charge in [-0.1, -0.05) is 83.9 Å². The van der Waals surface area contributed by atoms with Crippen molar-refractivity contribution in [3.8, 4) is 0 Å². The molecule has 64 heavy (non-hydrogen) atoms. The van der Waals surface area contributed by atoms with Gasteiger partial charge in [-0.25, -0.2) is 28.0 Å². The SMILES string of the molecule is C=CCN1CC(C(O)C(O)C2CN(CC=C)CC2(N)c2ccccc2F)C(N)(c2ccccc2F)C1.Cc1ccc(C(=O)OC(C(=O)O)C(OC(=O)c2ccc(C)cc2)C(=O)O)cc1. The summed E-state index contributed by atoms with van der Waals surface area (Å²) in [5, 5.41) is 41.9. The van der Waals surface area contributed by atoms with Crippen LogP contribution >= 0.6 is 0 Å². The molecule has 0 saturated carbocycles. The van der Waals surface area contributed by atoms with Crippen LogP contribution in [0, 0.1) is 37.3 Å². The van der Waals surface area contributed by atoms with Gasteiger partial charge in [0.2, 0.25) is 12.2 Å². The lowest BCUT2D eigenvalue weighted by atomic mass is 9.71. The zero-order chi connectivity index (χ0) is 46.9. The lowest BCUT2D eigenvalue weighted by molar-refractivity contribution is -0.166. The van der Waals surface area contributed by atoms with E-state index in [1.165, 1.54) is 36.4 Å². The highest BCUT2D eigenvalue weighted by Crippen LogP contribution is 2.44. The summed E-state index contributed by atoms with van der Waals surface area (Å²) in [4.78, 5) is 51.3. The quantitative estimate of drug-likeness (QED) is 0.0687. The third-order valence-electron chi connectivity index (χ3n) is 11.7. The Balaban J connectivity index is 0.000000249.